The van der Waals surface area contributed by atoms with E-state index in [0.717, 1.165) is 53.9 Å². The highest BCUT2D eigenvalue weighted by molar-refractivity contribution is 6.30. The molecule has 0 aliphatic carbocycles. The Labute approximate surface area is 206 Å². The number of likely N-dealkylation sites (tertiary alicyclic amines) is 1. The number of carbonyl (C=O) groups excluding carboxylic acids is 1. The van der Waals surface area contributed by atoms with Gasteiger partial charge in [0.05, 0.1) is 12.8 Å². The number of methoxy groups -OCH3 is 1. The minimum Gasteiger partial charge on any atom is -0.493 e. The molecule has 34 heavy (non-hydrogen) atoms. The first-order chi connectivity index (χ1) is 16.5. The van der Waals surface area contributed by atoms with Gasteiger partial charge in [0.2, 0.25) is 0 Å². The predicted molar refractivity (Wildman–Crippen MR) is 137 cm³/mol. The SMILES string of the molecule is COc1cc(C=Nc2cc(Cl)ccc2C)ccc1OCc1ccc(C(=O)N2CCCCC2)cc1. The molecule has 0 radical (unpaired) electrons. The second-order valence-corrected chi connectivity index (χ2v) is 8.87. The highest BCUT2D eigenvalue weighted by Crippen LogP contribution is 2.29. The summed E-state index contributed by atoms with van der Waals surface area (Å²) in [7, 11) is 1.62. The monoisotopic (exact) mass is 476 g/mol. The number of ether oxygens (including phenoxy) is 2. The van der Waals surface area contributed by atoms with Gasteiger partial charge in [-0.05, 0) is 85.3 Å². The summed E-state index contributed by atoms with van der Waals surface area (Å²) >= 11 is 6.08. The Morgan fingerprint density at radius 2 is 1.76 bits per heavy atom. The average Bonchev–Trinajstić information content (AvgIpc) is 2.88. The predicted octanol–water partition coefficient (Wildman–Crippen LogP) is 6.61. The number of nitrogens with zero attached hydrogens (tertiary/aromatic N) is 2. The van der Waals surface area contributed by atoms with Crippen molar-refractivity contribution in [3.8, 4) is 11.5 Å². The van der Waals surface area contributed by atoms with Crippen LogP contribution in [0, 0.1) is 6.92 Å². The molecule has 0 spiro atoms. The van der Waals surface area contributed by atoms with Crippen molar-refractivity contribution in [2.75, 3.05) is 20.2 Å². The number of halogens is 1. The molecule has 0 saturated carbocycles. The maximum atomic E-state index is 12.6. The maximum Gasteiger partial charge on any atom is 0.253 e. The molecule has 1 amide bonds. The summed E-state index contributed by atoms with van der Waals surface area (Å²) in [5, 5.41) is 0.656. The lowest BCUT2D eigenvalue weighted by Gasteiger charge is -2.26. The molecule has 1 fully saturated rings. The van der Waals surface area contributed by atoms with Gasteiger partial charge in [0.1, 0.15) is 6.61 Å². The maximum absolute atomic E-state index is 12.6. The molecule has 5 nitrogen and oxygen atoms in total. The highest BCUT2D eigenvalue weighted by atomic mass is 35.5. The van der Waals surface area contributed by atoms with E-state index in [0.29, 0.717) is 23.1 Å². The third kappa shape index (κ3) is 5.97. The van der Waals surface area contributed by atoms with Crippen molar-refractivity contribution >= 4 is 29.4 Å². The quantitative estimate of drug-likeness (QED) is 0.360. The molecule has 1 heterocycles. The number of carbonyl (C=O) groups is 1. The Morgan fingerprint density at radius 1 is 1.00 bits per heavy atom. The van der Waals surface area contributed by atoms with Crippen LogP contribution in [0.4, 0.5) is 5.69 Å². The van der Waals surface area contributed by atoms with Crippen LogP contribution >= 0.6 is 11.6 Å². The van der Waals surface area contributed by atoms with Crippen molar-refractivity contribution in [2.45, 2.75) is 32.8 Å². The summed E-state index contributed by atoms with van der Waals surface area (Å²) in [6, 6.07) is 19.0. The van der Waals surface area contributed by atoms with Crippen LogP contribution in [0.3, 0.4) is 0 Å². The van der Waals surface area contributed by atoms with Crippen LogP contribution in [0.15, 0.2) is 65.7 Å². The topological polar surface area (TPSA) is 51.1 Å². The first kappa shape index (κ1) is 23.8. The summed E-state index contributed by atoms with van der Waals surface area (Å²) in [6.45, 7) is 4.08. The first-order valence-electron chi connectivity index (χ1n) is 11.5. The van der Waals surface area contributed by atoms with Gasteiger partial charge in [-0.25, -0.2) is 0 Å². The van der Waals surface area contributed by atoms with Crippen LogP contribution in [0.25, 0.3) is 0 Å². The zero-order valence-electron chi connectivity index (χ0n) is 19.6. The van der Waals surface area contributed by atoms with Crippen molar-refractivity contribution in [3.05, 3.63) is 87.9 Å². The Balaban J connectivity index is 1.39. The van der Waals surface area contributed by atoms with Crippen molar-refractivity contribution < 1.29 is 14.3 Å². The second-order valence-electron chi connectivity index (χ2n) is 8.44. The summed E-state index contributed by atoms with van der Waals surface area (Å²) in [6.07, 6.45) is 5.16. The van der Waals surface area contributed by atoms with Crippen molar-refractivity contribution in [3.63, 3.8) is 0 Å². The van der Waals surface area contributed by atoms with Crippen LogP contribution in [0.2, 0.25) is 5.02 Å². The molecule has 1 aliphatic rings. The van der Waals surface area contributed by atoms with Crippen molar-refractivity contribution in [1.29, 1.82) is 0 Å². The standard InChI is InChI=1S/C28H29ClN2O3/c1-20-6-12-24(29)17-25(20)30-18-22-9-13-26(27(16-22)33-2)34-19-21-7-10-23(11-8-21)28(32)31-14-4-3-5-15-31/h6-13,16-18H,3-5,14-15,19H2,1-2H3. The lowest BCUT2D eigenvalue weighted by atomic mass is 10.1. The number of hydrogen-bond acceptors (Lipinski definition) is 4. The van der Waals surface area contributed by atoms with E-state index in [-0.39, 0.29) is 5.91 Å². The molecule has 0 bridgehead atoms. The average molecular weight is 477 g/mol. The van der Waals surface area contributed by atoms with E-state index in [9.17, 15) is 4.79 Å². The number of amides is 1. The summed E-state index contributed by atoms with van der Waals surface area (Å²) in [5.41, 5.74) is 4.48. The molecular weight excluding hydrogens is 448 g/mol. The molecule has 0 aromatic heterocycles. The summed E-state index contributed by atoms with van der Waals surface area (Å²) < 4.78 is 11.5. The Kier molecular flexibility index (Phi) is 7.86. The molecule has 3 aromatic rings. The van der Waals surface area contributed by atoms with E-state index in [2.05, 4.69) is 4.99 Å². The Hall–Kier alpha value is -3.31. The van der Waals surface area contributed by atoms with Gasteiger partial charge < -0.3 is 14.4 Å². The molecule has 6 heteroatoms. The van der Waals surface area contributed by atoms with Crippen LogP contribution in [-0.2, 0) is 6.61 Å². The van der Waals surface area contributed by atoms with Gasteiger partial charge in [0, 0.05) is 29.9 Å². The van der Waals surface area contributed by atoms with Gasteiger partial charge in [-0.15, -0.1) is 0 Å². The smallest absolute Gasteiger partial charge is 0.253 e. The fourth-order valence-corrected chi connectivity index (χ4v) is 4.10. The van der Waals surface area contributed by atoms with E-state index in [4.69, 9.17) is 21.1 Å². The van der Waals surface area contributed by atoms with Crippen LogP contribution in [0.1, 0.15) is 46.3 Å². The number of hydrogen-bond donors (Lipinski definition) is 0. The Morgan fingerprint density at radius 3 is 2.50 bits per heavy atom. The molecule has 176 valence electrons. The van der Waals surface area contributed by atoms with Crippen LogP contribution < -0.4 is 9.47 Å². The molecule has 3 aromatic carbocycles. The molecular formula is C28H29ClN2O3. The van der Waals surface area contributed by atoms with E-state index in [1.165, 1.54) is 6.42 Å². The van der Waals surface area contributed by atoms with Gasteiger partial charge in [0.25, 0.3) is 5.91 Å². The number of aryl methyl sites for hydroxylation is 1. The van der Waals surface area contributed by atoms with Gasteiger partial charge in [-0.2, -0.15) is 0 Å². The minimum atomic E-state index is 0.110. The minimum absolute atomic E-state index is 0.110. The van der Waals surface area contributed by atoms with E-state index >= 15 is 0 Å². The highest BCUT2D eigenvalue weighted by Gasteiger charge is 2.18. The van der Waals surface area contributed by atoms with Gasteiger partial charge in [-0.1, -0.05) is 29.8 Å². The van der Waals surface area contributed by atoms with Crippen molar-refractivity contribution in [2.24, 2.45) is 4.99 Å². The number of benzene rings is 3. The fourth-order valence-electron chi connectivity index (χ4n) is 3.93. The lowest BCUT2D eigenvalue weighted by Crippen LogP contribution is -2.35. The number of rotatable bonds is 7. The van der Waals surface area contributed by atoms with Gasteiger partial charge >= 0.3 is 0 Å². The van der Waals surface area contributed by atoms with Crippen molar-refractivity contribution in [1.82, 2.24) is 4.90 Å². The first-order valence-corrected chi connectivity index (χ1v) is 11.9. The molecule has 1 saturated heterocycles. The number of aliphatic imine (C=N–C) groups is 1. The lowest BCUT2D eigenvalue weighted by molar-refractivity contribution is 0.0724. The van der Waals surface area contributed by atoms with E-state index in [1.807, 2.05) is 72.5 Å². The fraction of sp³-hybridized carbons (Fsp3) is 0.286. The summed E-state index contributed by atoms with van der Waals surface area (Å²) in [5.74, 6) is 1.38. The second kappa shape index (κ2) is 11.2. The molecule has 0 N–H and O–H groups in total. The third-order valence-corrected chi connectivity index (χ3v) is 6.19. The summed E-state index contributed by atoms with van der Waals surface area (Å²) in [4.78, 5) is 19.1. The van der Waals surface area contributed by atoms with E-state index in [1.54, 1.807) is 13.3 Å². The molecule has 0 atom stereocenters. The van der Waals surface area contributed by atoms with Crippen LogP contribution in [-0.4, -0.2) is 37.2 Å². The normalized spacial score (nSPS) is 13.8. The molecule has 1 aliphatic heterocycles. The largest absolute Gasteiger partial charge is 0.493 e. The molecule has 4 rings (SSSR count). The molecule has 0 unspecified atom stereocenters. The number of piperidine rings is 1. The van der Waals surface area contributed by atoms with E-state index < -0.39 is 0 Å². The third-order valence-electron chi connectivity index (χ3n) is 5.95. The van der Waals surface area contributed by atoms with Crippen LogP contribution in [0.5, 0.6) is 11.5 Å². The zero-order valence-corrected chi connectivity index (χ0v) is 20.3. The zero-order chi connectivity index (χ0) is 23.9. The van der Waals surface area contributed by atoms with Gasteiger partial charge in [0.15, 0.2) is 11.5 Å². The van der Waals surface area contributed by atoms with Gasteiger partial charge in [-0.3, -0.25) is 9.79 Å². The Bertz CT molecular complexity index is 1170.